The first-order valence-electron chi connectivity index (χ1n) is 11.1. The van der Waals surface area contributed by atoms with Crippen LogP contribution in [0.5, 0.6) is 0 Å². The van der Waals surface area contributed by atoms with Crippen molar-refractivity contribution in [3.63, 3.8) is 0 Å². The Kier molecular flexibility index (Phi) is 7.27. The zero-order valence-electron chi connectivity index (χ0n) is 18.7. The number of benzene rings is 2. The fourth-order valence-corrected chi connectivity index (χ4v) is 4.99. The van der Waals surface area contributed by atoms with Gasteiger partial charge >= 0.3 is 12.1 Å². The first-order chi connectivity index (χ1) is 16.4. The maximum absolute atomic E-state index is 12.8. The molecule has 0 bridgehead atoms. The number of amides is 2. The van der Waals surface area contributed by atoms with Gasteiger partial charge in [0.05, 0.1) is 6.04 Å². The number of carbonyl (C=O) groups is 3. The first kappa shape index (κ1) is 23.5. The minimum absolute atomic E-state index is 0.0400. The van der Waals surface area contributed by atoms with E-state index < -0.39 is 24.0 Å². The van der Waals surface area contributed by atoms with Crippen LogP contribution in [0.3, 0.4) is 0 Å². The van der Waals surface area contributed by atoms with Gasteiger partial charge in [0.25, 0.3) is 0 Å². The molecule has 0 saturated heterocycles. The van der Waals surface area contributed by atoms with Gasteiger partial charge in [-0.05, 0) is 58.0 Å². The molecule has 0 spiro atoms. The van der Waals surface area contributed by atoms with Crippen molar-refractivity contribution in [3.05, 3.63) is 82.0 Å². The first-order valence-corrected chi connectivity index (χ1v) is 12.0. The average Bonchev–Trinajstić information content (AvgIpc) is 3.47. The number of carboxylic acids is 1. The summed E-state index contributed by atoms with van der Waals surface area (Å²) in [6.45, 7) is 1.94. The summed E-state index contributed by atoms with van der Waals surface area (Å²) >= 11 is 1.52. The van der Waals surface area contributed by atoms with E-state index in [2.05, 4.69) is 22.8 Å². The lowest BCUT2D eigenvalue weighted by Gasteiger charge is -2.21. The van der Waals surface area contributed by atoms with Gasteiger partial charge < -0.3 is 20.5 Å². The lowest BCUT2D eigenvalue weighted by Crippen LogP contribution is -2.47. The molecule has 176 valence electrons. The molecule has 7 nitrogen and oxygen atoms in total. The fraction of sp³-hybridized carbons (Fsp3) is 0.269. The number of hydrogen-bond acceptors (Lipinski definition) is 5. The van der Waals surface area contributed by atoms with E-state index in [-0.39, 0.29) is 31.4 Å². The fourth-order valence-electron chi connectivity index (χ4n) is 4.24. The highest BCUT2D eigenvalue weighted by Crippen LogP contribution is 2.44. The monoisotopic (exact) mass is 478 g/mol. The van der Waals surface area contributed by atoms with Crippen molar-refractivity contribution < 1.29 is 24.2 Å². The van der Waals surface area contributed by atoms with E-state index in [9.17, 15) is 14.4 Å². The second kappa shape index (κ2) is 10.5. The maximum Gasteiger partial charge on any atom is 0.407 e. The number of fused-ring (bicyclic) bond motifs is 3. The van der Waals surface area contributed by atoms with Gasteiger partial charge in [-0.15, -0.1) is 0 Å². The molecule has 1 aliphatic carbocycles. The smallest absolute Gasteiger partial charge is 0.407 e. The van der Waals surface area contributed by atoms with Gasteiger partial charge in [0.2, 0.25) is 5.91 Å². The topological polar surface area (TPSA) is 105 Å². The van der Waals surface area contributed by atoms with E-state index in [4.69, 9.17) is 9.84 Å². The number of ether oxygens (including phenoxy) is 1. The second-order valence-electron chi connectivity index (χ2n) is 8.24. The van der Waals surface area contributed by atoms with Crippen molar-refractivity contribution in [1.29, 1.82) is 0 Å². The number of hydrogen-bond donors (Lipinski definition) is 3. The summed E-state index contributed by atoms with van der Waals surface area (Å²) in [5.74, 6) is -1.60. The van der Waals surface area contributed by atoms with Crippen LogP contribution >= 0.6 is 11.3 Å². The molecular formula is C26H26N2O5S. The molecule has 1 aromatic heterocycles. The van der Waals surface area contributed by atoms with E-state index in [0.29, 0.717) is 0 Å². The number of carboxylic acid groups (broad SMARTS) is 1. The molecule has 2 unspecified atom stereocenters. The molecule has 8 heteroatoms. The van der Waals surface area contributed by atoms with Crippen LogP contribution in [0.2, 0.25) is 0 Å². The van der Waals surface area contributed by atoms with Crippen molar-refractivity contribution in [2.24, 2.45) is 0 Å². The van der Waals surface area contributed by atoms with Crippen LogP contribution in [-0.2, 0) is 14.3 Å². The molecule has 1 heterocycles. The molecular weight excluding hydrogens is 452 g/mol. The Morgan fingerprint density at radius 2 is 1.65 bits per heavy atom. The summed E-state index contributed by atoms with van der Waals surface area (Å²) < 4.78 is 5.53. The van der Waals surface area contributed by atoms with E-state index in [1.807, 2.05) is 60.1 Å². The lowest BCUT2D eigenvalue weighted by molar-refractivity contribution is -0.137. The quantitative estimate of drug-likeness (QED) is 0.414. The van der Waals surface area contributed by atoms with Crippen molar-refractivity contribution in [1.82, 2.24) is 10.6 Å². The maximum atomic E-state index is 12.8. The normalized spacial score (nSPS) is 13.9. The molecule has 2 atom stereocenters. The number of aliphatic carboxylic acids is 1. The van der Waals surface area contributed by atoms with Crippen molar-refractivity contribution in [2.45, 2.75) is 37.8 Å². The zero-order valence-corrected chi connectivity index (χ0v) is 19.5. The molecule has 0 fully saturated rings. The number of rotatable bonds is 9. The highest BCUT2D eigenvalue weighted by molar-refractivity contribution is 7.08. The molecule has 0 radical (unpaired) electrons. The van der Waals surface area contributed by atoms with Crippen LogP contribution in [0.4, 0.5) is 4.79 Å². The molecule has 34 heavy (non-hydrogen) atoms. The zero-order chi connectivity index (χ0) is 24.1. The molecule has 2 aromatic carbocycles. The van der Waals surface area contributed by atoms with Crippen LogP contribution in [-0.4, -0.2) is 35.7 Å². The van der Waals surface area contributed by atoms with Gasteiger partial charge in [-0.3, -0.25) is 9.59 Å². The minimum atomic E-state index is -1.04. The van der Waals surface area contributed by atoms with E-state index in [0.717, 1.165) is 27.8 Å². The summed E-state index contributed by atoms with van der Waals surface area (Å²) in [5, 5.41) is 18.3. The Hall–Kier alpha value is -3.65. The SMILES string of the molecule is CC(NC(=O)C(CCC(=O)O)NC(=O)OCC1c2ccccc2-c2ccccc21)c1ccsc1. The van der Waals surface area contributed by atoms with Gasteiger partial charge in [0, 0.05) is 12.3 Å². The summed E-state index contributed by atoms with van der Waals surface area (Å²) in [6.07, 6.45) is -1.05. The van der Waals surface area contributed by atoms with Crippen molar-refractivity contribution in [3.8, 4) is 11.1 Å². The number of carbonyl (C=O) groups excluding carboxylic acids is 2. The molecule has 0 saturated carbocycles. The van der Waals surface area contributed by atoms with Gasteiger partial charge in [0.15, 0.2) is 0 Å². The third-order valence-corrected chi connectivity index (χ3v) is 6.70. The third kappa shape index (κ3) is 5.28. The summed E-state index contributed by atoms with van der Waals surface area (Å²) in [5.41, 5.74) is 5.35. The molecule has 0 aliphatic heterocycles. The predicted molar refractivity (Wildman–Crippen MR) is 130 cm³/mol. The Balaban J connectivity index is 1.41. The van der Waals surface area contributed by atoms with Crippen LogP contribution in [0.25, 0.3) is 11.1 Å². The molecule has 3 N–H and O–H groups in total. The second-order valence-corrected chi connectivity index (χ2v) is 9.02. The van der Waals surface area contributed by atoms with Gasteiger partial charge in [-0.1, -0.05) is 48.5 Å². The Morgan fingerprint density at radius 1 is 1.00 bits per heavy atom. The third-order valence-electron chi connectivity index (χ3n) is 6.00. The summed E-state index contributed by atoms with van der Waals surface area (Å²) in [4.78, 5) is 36.5. The van der Waals surface area contributed by atoms with Gasteiger partial charge in [0.1, 0.15) is 12.6 Å². The number of alkyl carbamates (subject to hydrolysis) is 1. The number of nitrogens with one attached hydrogen (secondary N) is 2. The highest BCUT2D eigenvalue weighted by Gasteiger charge is 2.30. The Morgan fingerprint density at radius 3 is 2.24 bits per heavy atom. The van der Waals surface area contributed by atoms with Crippen molar-refractivity contribution in [2.75, 3.05) is 6.61 Å². The van der Waals surface area contributed by atoms with E-state index in [1.54, 1.807) is 0 Å². The molecule has 2 amide bonds. The number of thiophene rings is 1. The summed E-state index contributed by atoms with van der Waals surface area (Å²) in [7, 11) is 0. The summed E-state index contributed by atoms with van der Waals surface area (Å²) in [6, 6.07) is 16.6. The minimum Gasteiger partial charge on any atom is -0.481 e. The Labute approximate surface area is 201 Å². The lowest BCUT2D eigenvalue weighted by atomic mass is 9.98. The van der Waals surface area contributed by atoms with E-state index >= 15 is 0 Å². The van der Waals surface area contributed by atoms with Crippen LogP contribution < -0.4 is 10.6 Å². The largest absolute Gasteiger partial charge is 0.481 e. The van der Waals surface area contributed by atoms with Crippen molar-refractivity contribution >= 4 is 29.3 Å². The van der Waals surface area contributed by atoms with Gasteiger partial charge in [-0.25, -0.2) is 4.79 Å². The molecule has 4 rings (SSSR count). The van der Waals surface area contributed by atoms with Crippen LogP contribution in [0, 0.1) is 0 Å². The van der Waals surface area contributed by atoms with E-state index in [1.165, 1.54) is 11.3 Å². The molecule has 1 aliphatic rings. The predicted octanol–water partition coefficient (Wildman–Crippen LogP) is 4.70. The molecule has 3 aromatic rings. The standard InChI is InChI=1S/C26H26N2O5S/c1-16(17-12-13-34-15-17)27-25(31)23(10-11-24(29)30)28-26(32)33-14-22-20-8-4-2-6-18(20)19-7-3-5-9-21(19)22/h2-9,12-13,15-16,22-23H,10-11,14H2,1H3,(H,27,31)(H,28,32)(H,29,30). The average molecular weight is 479 g/mol. The van der Waals surface area contributed by atoms with Crippen LogP contribution in [0.1, 0.15) is 48.4 Å². The van der Waals surface area contributed by atoms with Crippen LogP contribution in [0.15, 0.2) is 65.4 Å². The Bertz CT molecular complexity index is 1130. The van der Waals surface area contributed by atoms with Gasteiger partial charge in [-0.2, -0.15) is 11.3 Å². The highest BCUT2D eigenvalue weighted by atomic mass is 32.1.